The molecule has 1 aliphatic heterocycles. The molecule has 94 valence electrons. The summed E-state index contributed by atoms with van der Waals surface area (Å²) in [5.41, 5.74) is 0. The van der Waals surface area contributed by atoms with Crippen molar-refractivity contribution in [3.05, 3.63) is 0 Å². The zero-order chi connectivity index (χ0) is 11.8. The molecule has 0 spiro atoms. The molecule has 2 N–H and O–H groups in total. The van der Waals surface area contributed by atoms with E-state index in [-0.39, 0.29) is 5.91 Å². The van der Waals surface area contributed by atoms with Crippen LogP contribution in [0.15, 0.2) is 0 Å². The summed E-state index contributed by atoms with van der Waals surface area (Å²) in [5, 5.41) is 6.24. The van der Waals surface area contributed by atoms with Crippen molar-refractivity contribution in [3.63, 3.8) is 0 Å². The van der Waals surface area contributed by atoms with Crippen molar-refractivity contribution in [2.24, 2.45) is 5.92 Å². The Labute approximate surface area is 98.1 Å². The summed E-state index contributed by atoms with van der Waals surface area (Å²) >= 11 is 0. The van der Waals surface area contributed by atoms with E-state index in [1.54, 1.807) is 0 Å². The highest BCUT2D eigenvalue weighted by Crippen LogP contribution is 2.17. The number of hydrogen-bond acceptors (Lipinski definition) is 3. The van der Waals surface area contributed by atoms with Gasteiger partial charge >= 0.3 is 0 Å². The molecule has 0 aromatic heterocycles. The third kappa shape index (κ3) is 5.47. The molecule has 0 saturated carbocycles. The maximum absolute atomic E-state index is 11.6. The summed E-state index contributed by atoms with van der Waals surface area (Å²) in [5.74, 6) is 0.694. The molecule has 1 saturated heterocycles. The lowest BCUT2D eigenvalue weighted by Gasteiger charge is -2.21. The quantitative estimate of drug-likeness (QED) is 0.710. The Hall–Kier alpha value is -0.610. The summed E-state index contributed by atoms with van der Waals surface area (Å²) in [6, 6.07) is 0.351. The van der Waals surface area contributed by atoms with Gasteiger partial charge in [-0.1, -0.05) is 6.92 Å². The lowest BCUT2D eigenvalue weighted by Crippen LogP contribution is -2.39. The summed E-state index contributed by atoms with van der Waals surface area (Å²) in [6.07, 6.45) is 2.70. The van der Waals surface area contributed by atoms with E-state index in [0.29, 0.717) is 18.4 Å². The van der Waals surface area contributed by atoms with Gasteiger partial charge in [0.2, 0.25) is 5.91 Å². The van der Waals surface area contributed by atoms with Crippen LogP contribution in [0.3, 0.4) is 0 Å². The van der Waals surface area contributed by atoms with Gasteiger partial charge in [-0.05, 0) is 32.2 Å². The van der Waals surface area contributed by atoms with Crippen molar-refractivity contribution in [2.75, 3.05) is 26.3 Å². The SMILES string of the molecule is CCN[C@H](C)CNC(=O)CC1CCOCC1. The molecule has 1 atom stereocenters. The second-order valence-electron chi connectivity index (χ2n) is 4.52. The van der Waals surface area contributed by atoms with Crippen LogP contribution >= 0.6 is 0 Å². The predicted octanol–water partition coefficient (Wildman–Crippen LogP) is 0.917. The Morgan fingerprint density at radius 1 is 1.44 bits per heavy atom. The molecule has 0 radical (unpaired) electrons. The van der Waals surface area contributed by atoms with Gasteiger partial charge in [-0.2, -0.15) is 0 Å². The standard InChI is InChI=1S/C12H24N2O2/c1-3-13-10(2)9-14-12(15)8-11-4-6-16-7-5-11/h10-11,13H,3-9H2,1-2H3,(H,14,15)/t10-/m1/s1. The number of rotatable bonds is 6. The largest absolute Gasteiger partial charge is 0.381 e. The molecule has 4 heteroatoms. The van der Waals surface area contributed by atoms with E-state index in [9.17, 15) is 4.79 Å². The molecular formula is C12H24N2O2. The van der Waals surface area contributed by atoms with Gasteiger partial charge in [0.05, 0.1) is 0 Å². The van der Waals surface area contributed by atoms with Crippen LogP contribution in [-0.2, 0) is 9.53 Å². The molecule has 0 bridgehead atoms. The van der Waals surface area contributed by atoms with E-state index in [2.05, 4.69) is 24.5 Å². The van der Waals surface area contributed by atoms with E-state index < -0.39 is 0 Å². The van der Waals surface area contributed by atoms with Crippen molar-refractivity contribution < 1.29 is 9.53 Å². The van der Waals surface area contributed by atoms with Crippen LogP contribution in [0.2, 0.25) is 0 Å². The van der Waals surface area contributed by atoms with Gasteiger partial charge in [0.25, 0.3) is 0 Å². The summed E-state index contributed by atoms with van der Waals surface area (Å²) in [4.78, 5) is 11.6. The fourth-order valence-electron chi connectivity index (χ4n) is 1.97. The van der Waals surface area contributed by atoms with Crippen LogP contribution in [0, 0.1) is 5.92 Å². The minimum atomic E-state index is 0.177. The highest BCUT2D eigenvalue weighted by Gasteiger charge is 2.17. The lowest BCUT2D eigenvalue weighted by molar-refractivity contribution is -0.122. The number of nitrogens with one attached hydrogen (secondary N) is 2. The van der Waals surface area contributed by atoms with Crippen LogP contribution in [0.5, 0.6) is 0 Å². The molecule has 1 heterocycles. The van der Waals surface area contributed by atoms with Crippen LogP contribution in [0.25, 0.3) is 0 Å². The molecule has 0 aliphatic carbocycles. The van der Waals surface area contributed by atoms with E-state index in [4.69, 9.17) is 4.74 Å². The van der Waals surface area contributed by atoms with Gasteiger partial charge in [-0.25, -0.2) is 0 Å². The van der Waals surface area contributed by atoms with E-state index in [0.717, 1.165) is 39.1 Å². The first-order valence-electron chi connectivity index (χ1n) is 6.30. The zero-order valence-corrected chi connectivity index (χ0v) is 10.4. The maximum Gasteiger partial charge on any atom is 0.220 e. The summed E-state index contributed by atoms with van der Waals surface area (Å²) in [7, 11) is 0. The monoisotopic (exact) mass is 228 g/mol. The molecule has 0 unspecified atom stereocenters. The fourth-order valence-corrected chi connectivity index (χ4v) is 1.97. The second kappa shape index (κ2) is 7.63. The number of likely N-dealkylation sites (N-methyl/N-ethyl adjacent to an activating group) is 1. The van der Waals surface area contributed by atoms with Crippen molar-refractivity contribution in [3.8, 4) is 0 Å². The number of hydrogen-bond donors (Lipinski definition) is 2. The maximum atomic E-state index is 11.6. The Bertz CT molecular complexity index is 203. The van der Waals surface area contributed by atoms with Gasteiger partial charge < -0.3 is 15.4 Å². The molecular weight excluding hydrogens is 204 g/mol. The zero-order valence-electron chi connectivity index (χ0n) is 10.4. The Kier molecular flexibility index (Phi) is 6.42. The first-order valence-corrected chi connectivity index (χ1v) is 6.30. The van der Waals surface area contributed by atoms with Crippen molar-refractivity contribution in [1.29, 1.82) is 0 Å². The van der Waals surface area contributed by atoms with Crippen LogP contribution in [0.1, 0.15) is 33.1 Å². The van der Waals surface area contributed by atoms with Gasteiger partial charge in [0, 0.05) is 32.2 Å². The van der Waals surface area contributed by atoms with Crippen LogP contribution in [0.4, 0.5) is 0 Å². The van der Waals surface area contributed by atoms with Crippen molar-refractivity contribution in [2.45, 2.75) is 39.2 Å². The Morgan fingerprint density at radius 2 is 2.12 bits per heavy atom. The number of amides is 1. The van der Waals surface area contributed by atoms with Crippen molar-refractivity contribution >= 4 is 5.91 Å². The minimum Gasteiger partial charge on any atom is -0.381 e. The van der Waals surface area contributed by atoms with Gasteiger partial charge in [-0.15, -0.1) is 0 Å². The Morgan fingerprint density at radius 3 is 2.75 bits per heavy atom. The fraction of sp³-hybridized carbons (Fsp3) is 0.917. The highest BCUT2D eigenvalue weighted by atomic mass is 16.5. The Balaban J connectivity index is 2.10. The average Bonchev–Trinajstić information content (AvgIpc) is 2.28. The third-order valence-electron chi connectivity index (χ3n) is 2.97. The van der Waals surface area contributed by atoms with Crippen molar-refractivity contribution in [1.82, 2.24) is 10.6 Å². The van der Waals surface area contributed by atoms with Gasteiger partial charge in [-0.3, -0.25) is 4.79 Å². The molecule has 0 aromatic rings. The third-order valence-corrected chi connectivity index (χ3v) is 2.97. The highest BCUT2D eigenvalue weighted by molar-refractivity contribution is 5.76. The van der Waals surface area contributed by atoms with E-state index in [1.165, 1.54) is 0 Å². The van der Waals surface area contributed by atoms with Gasteiger partial charge in [0.15, 0.2) is 0 Å². The number of carbonyl (C=O) groups excluding carboxylic acids is 1. The van der Waals surface area contributed by atoms with E-state index in [1.807, 2.05) is 0 Å². The molecule has 1 fully saturated rings. The molecule has 1 amide bonds. The molecule has 4 nitrogen and oxygen atoms in total. The first kappa shape index (κ1) is 13.5. The second-order valence-corrected chi connectivity index (χ2v) is 4.52. The normalized spacial score (nSPS) is 19.4. The number of ether oxygens (including phenoxy) is 1. The molecule has 1 aliphatic rings. The van der Waals surface area contributed by atoms with Gasteiger partial charge in [0.1, 0.15) is 0 Å². The molecule has 16 heavy (non-hydrogen) atoms. The average molecular weight is 228 g/mol. The minimum absolute atomic E-state index is 0.177. The molecule has 1 rings (SSSR count). The summed E-state index contributed by atoms with van der Waals surface area (Å²) < 4.78 is 5.27. The lowest BCUT2D eigenvalue weighted by atomic mass is 9.96. The topological polar surface area (TPSA) is 50.4 Å². The summed E-state index contributed by atoms with van der Waals surface area (Å²) in [6.45, 7) is 7.43. The van der Waals surface area contributed by atoms with Crippen LogP contribution < -0.4 is 10.6 Å². The first-order chi connectivity index (χ1) is 7.72. The number of carbonyl (C=O) groups is 1. The smallest absolute Gasteiger partial charge is 0.220 e. The van der Waals surface area contributed by atoms with Crippen LogP contribution in [-0.4, -0.2) is 38.3 Å². The predicted molar refractivity (Wildman–Crippen MR) is 64.3 cm³/mol. The van der Waals surface area contributed by atoms with E-state index >= 15 is 0 Å². The molecule has 0 aromatic carbocycles.